The normalized spacial score (nSPS) is 16.2. The predicted molar refractivity (Wildman–Crippen MR) is 103 cm³/mol. The Hall–Kier alpha value is -2.83. The van der Waals surface area contributed by atoms with Gasteiger partial charge in [0.25, 0.3) is 0 Å². The largest absolute Gasteiger partial charge is 0.416 e. The van der Waals surface area contributed by atoms with Crippen LogP contribution in [0, 0.1) is 0 Å². The van der Waals surface area contributed by atoms with Crippen molar-refractivity contribution in [2.45, 2.75) is 50.2 Å². The van der Waals surface area contributed by atoms with Crippen molar-refractivity contribution < 1.29 is 22.8 Å². The van der Waals surface area contributed by atoms with Crippen molar-refractivity contribution in [3.8, 4) is 0 Å². The van der Waals surface area contributed by atoms with E-state index in [0.717, 1.165) is 38.2 Å². The molecule has 2 aromatic carbocycles. The van der Waals surface area contributed by atoms with Gasteiger partial charge in [-0.3, -0.25) is 9.59 Å². The number of nitrogens with one attached hydrogen (secondary N) is 1. The molecule has 7 heteroatoms. The molecule has 2 aromatic rings. The van der Waals surface area contributed by atoms with Crippen LogP contribution in [0.2, 0.25) is 0 Å². The summed E-state index contributed by atoms with van der Waals surface area (Å²) in [4.78, 5) is 24.5. The first-order valence-corrected chi connectivity index (χ1v) is 9.63. The highest BCUT2D eigenvalue weighted by atomic mass is 19.4. The second kappa shape index (κ2) is 8.68. The van der Waals surface area contributed by atoms with Crippen molar-refractivity contribution in [2.75, 3.05) is 0 Å². The van der Waals surface area contributed by atoms with E-state index in [0.29, 0.717) is 5.56 Å². The van der Waals surface area contributed by atoms with Crippen LogP contribution in [-0.2, 0) is 11.0 Å². The first-order chi connectivity index (χ1) is 13.8. The molecule has 0 aromatic heterocycles. The average Bonchev–Trinajstić information content (AvgIpc) is 2.69. The molecule has 0 spiro atoms. The molecule has 1 atom stereocenters. The molecule has 0 radical (unpaired) electrons. The van der Waals surface area contributed by atoms with E-state index in [1.54, 1.807) is 30.3 Å². The SMILES string of the molecule is NC(=O)c1ccc(C(C(=O)NC2CCCCC2)c2ccccc2)c(C(F)(F)F)c1. The molecule has 154 valence electrons. The van der Waals surface area contributed by atoms with Crippen LogP contribution < -0.4 is 11.1 Å². The van der Waals surface area contributed by atoms with Gasteiger partial charge in [-0.05, 0) is 36.1 Å². The van der Waals surface area contributed by atoms with Crippen LogP contribution in [0.4, 0.5) is 13.2 Å². The van der Waals surface area contributed by atoms with Crippen LogP contribution in [-0.4, -0.2) is 17.9 Å². The van der Waals surface area contributed by atoms with Gasteiger partial charge in [0.15, 0.2) is 0 Å². The van der Waals surface area contributed by atoms with Gasteiger partial charge in [0.2, 0.25) is 11.8 Å². The third kappa shape index (κ3) is 4.96. The molecule has 1 aliphatic carbocycles. The van der Waals surface area contributed by atoms with Gasteiger partial charge in [0.05, 0.1) is 11.5 Å². The molecule has 1 aliphatic rings. The Balaban J connectivity index is 2.06. The second-order valence-electron chi connectivity index (χ2n) is 7.35. The van der Waals surface area contributed by atoms with Crippen LogP contribution in [0.15, 0.2) is 48.5 Å². The smallest absolute Gasteiger partial charge is 0.366 e. The number of primary amides is 1. The Morgan fingerprint density at radius 3 is 2.24 bits per heavy atom. The Labute approximate surface area is 167 Å². The average molecular weight is 404 g/mol. The highest BCUT2D eigenvalue weighted by Crippen LogP contribution is 2.38. The lowest BCUT2D eigenvalue weighted by atomic mass is 9.85. The van der Waals surface area contributed by atoms with Gasteiger partial charge in [0, 0.05) is 11.6 Å². The summed E-state index contributed by atoms with van der Waals surface area (Å²) in [7, 11) is 0. The summed E-state index contributed by atoms with van der Waals surface area (Å²) in [6.45, 7) is 0. The van der Waals surface area contributed by atoms with Crippen LogP contribution in [0.1, 0.15) is 65.1 Å². The lowest BCUT2D eigenvalue weighted by Gasteiger charge is -2.27. The van der Waals surface area contributed by atoms with E-state index in [4.69, 9.17) is 5.73 Å². The van der Waals surface area contributed by atoms with Crippen molar-refractivity contribution in [3.05, 3.63) is 70.8 Å². The highest BCUT2D eigenvalue weighted by Gasteiger charge is 2.38. The molecule has 1 unspecified atom stereocenters. The van der Waals surface area contributed by atoms with E-state index >= 15 is 0 Å². The van der Waals surface area contributed by atoms with Crippen LogP contribution >= 0.6 is 0 Å². The van der Waals surface area contributed by atoms with Gasteiger partial charge >= 0.3 is 6.18 Å². The fourth-order valence-electron chi connectivity index (χ4n) is 3.86. The third-order valence-electron chi connectivity index (χ3n) is 5.30. The predicted octanol–water partition coefficient (Wildman–Crippen LogP) is 4.39. The van der Waals surface area contributed by atoms with Gasteiger partial charge in [-0.1, -0.05) is 55.7 Å². The number of carbonyl (C=O) groups is 2. The molecule has 1 fully saturated rings. The molecule has 0 aliphatic heterocycles. The molecular weight excluding hydrogens is 381 g/mol. The number of hydrogen-bond donors (Lipinski definition) is 2. The lowest BCUT2D eigenvalue weighted by molar-refractivity contribution is -0.138. The second-order valence-corrected chi connectivity index (χ2v) is 7.35. The third-order valence-corrected chi connectivity index (χ3v) is 5.30. The van der Waals surface area contributed by atoms with E-state index in [9.17, 15) is 22.8 Å². The summed E-state index contributed by atoms with van der Waals surface area (Å²) in [5.74, 6) is -2.57. The van der Waals surface area contributed by atoms with Crippen molar-refractivity contribution in [1.29, 1.82) is 0 Å². The van der Waals surface area contributed by atoms with E-state index in [1.165, 1.54) is 12.1 Å². The van der Waals surface area contributed by atoms with Crippen molar-refractivity contribution >= 4 is 11.8 Å². The molecule has 1 saturated carbocycles. The van der Waals surface area contributed by atoms with E-state index in [-0.39, 0.29) is 17.2 Å². The number of carbonyl (C=O) groups excluding carboxylic acids is 2. The number of hydrogen-bond acceptors (Lipinski definition) is 2. The van der Waals surface area contributed by atoms with Crippen LogP contribution in [0.3, 0.4) is 0 Å². The Kier molecular flexibility index (Phi) is 6.25. The Bertz CT molecular complexity index is 875. The Morgan fingerprint density at radius 1 is 1.00 bits per heavy atom. The van der Waals surface area contributed by atoms with Crippen molar-refractivity contribution in [3.63, 3.8) is 0 Å². The number of rotatable bonds is 5. The number of alkyl halides is 3. The summed E-state index contributed by atoms with van der Waals surface area (Å²) in [6.07, 6.45) is -0.0235. The molecule has 3 rings (SSSR count). The fraction of sp³-hybridized carbons (Fsp3) is 0.364. The first-order valence-electron chi connectivity index (χ1n) is 9.63. The molecule has 3 N–H and O–H groups in total. The van der Waals surface area contributed by atoms with Crippen molar-refractivity contribution in [1.82, 2.24) is 5.32 Å². The van der Waals surface area contributed by atoms with Gasteiger partial charge in [-0.25, -0.2) is 0 Å². The van der Waals surface area contributed by atoms with E-state index in [1.807, 2.05) is 0 Å². The van der Waals surface area contributed by atoms with Gasteiger partial charge in [0.1, 0.15) is 0 Å². The molecule has 2 amide bonds. The first kappa shape index (κ1) is 20.9. The number of halogens is 3. The molecule has 0 saturated heterocycles. The molecule has 29 heavy (non-hydrogen) atoms. The van der Waals surface area contributed by atoms with E-state index in [2.05, 4.69) is 5.32 Å². The summed E-state index contributed by atoms with van der Waals surface area (Å²) in [5.41, 5.74) is 4.15. The lowest BCUT2D eigenvalue weighted by Crippen LogP contribution is -2.40. The topological polar surface area (TPSA) is 72.2 Å². The molecular formula is C22H23F3N2O2. The summed E-state index contributed by atoms with van der Waals surface area (Å²) < 4.78 is 41.4. The van der Waals surface area contributed by atoms with Gasteiger partial charge in [-0.15, -0.1) is 0 Å². The van der Waals surface area contributed by atoms with Crippen LogP contribution in [0.5, 0.6) is 0 Å². The number of amides is 2. The fourth-order valence-corrected chi connectivity index (χ4v) is 3.86. The number of benzene rings is 2. The maximum absolute atomic E-state index is 13.8. The standard InChI is InChI=1S/C22H23F3N2O2/c23-22(24,25)18-13-15(20(26)28)11-12-17(18)19(14-7-3-1-4-8-14)21(29)27-16-9-5-2-6-10-16/h1,3-4,7-8,11-13,16,19H,2,5-6,9-10H2,(H2,26,28)(H,27,29). The zero-order chi connectivity index (χ0) is 21.0. The monoisotopic (exact) mass is 404 g/mol. The minimum absolute atomic E-state index is 0.0401. The minimum Gasteiger partial charge on any atom is -0.366 e. The summed E-state index contributed by atoms with van der Waals surface area (Å²) in [6, 6.07) is 11.5. The quantitative estimate of drug-likeness (QED) is 0.776. The molecule has 0 heterocycles. The maximum atomic E-state index is 13.8. The zero-order valence-corrected chi connectivity index (χ0v) is 15.8. The van der Waals surface area contributed by atoms with E-state index < -0.39 is 29.5 Å². The highest BCUT2D eigenvalue weighted by molar-refractivity contribution is 5.94. The number of nitrogens with two attached hydrogens (primary N) is 1. The molecule has 0 bridgehead atoms. The molecule has 4 nitrogen and oxygen atoms in total. The van der Waals surface area contributed by atoms with Crippen molar-refractivity contribution in [2.24, 2.45) is 5.73 Å². The van der Waals surface area contributed by atoms with Crippen LogP contribution in [0.25, 0.3) is 0 Å². The van der Waals surface area contributed by atoms with Gasteiger partial charge < -0.3 is 11.1 Å². The zero-order valence-electron chi connectivity index (χ0n) is 15.8. The summed E-state index contributed by atoms with van der Waals surface area (Å²) in [5, 5.41) is 2.93. The summed E-state index contributed by atoms with van der Waals surface area (Å²) >= 11 is 0. The van der Waals surface area contributed by atoms with Gasteiger partial charge in [-0.2, -0.15) is 13.2 Å². The maximum Gasteiger partial charge on any atom is 0.416 e. The minimum atomic E-state index is -4.74. The Morgan fingerprint density at radius 2 is 1.66 bits per heavy atom.